The molecular weight excluding hydrogens is 264 g/mol. The van der Waals surface area contributed by atoms with E-state index in [1.165, 1.54) is 57.4 Å². The van der Waals surface area contributed by atoms with Crippen LogP contribution in [-0.4, -0.2) is 0 Å². The van der Waals surface area contributed by atoms with Crippen LogP contribution < -0.4 is 0 Å². The molecule has 2 aliphatic carbocycles. The number of benzene rings is 1. The minimum Gasteiger partial charge on any atom is -0.0915 e. The van der Waals surface area contributed by atoms with Crippen LogP contribution in [0.4, 0.5) is 0 Å². The maximum absolute atomic E-state index is 4.24. The van der Waals surface area contributed by atoms with Gasteiger partial charge in [-0.3, -0.25) is 0 Å². The summed E-state index contributed by atoms with van der Waals surface area (Å²) in [5.74, 6) is 0.578. The summed E-state index contributed by atoms with van der Waals surface area (Å²) in [5.41, 5.74) is 12.6. The molecule has 0 heteroatoms. The second-order valence-electron chi connectivity index (χ2n) is 6.97. The Labute approximate surface area is 135 Å². The van der Waals surface area contributed by atoms with E-state index in [1.54, 1.807) is 0 Å². The van der Waals surface area contributed by atoms with Crippen LogP contribution >= 0.6 is 0 Å². The zero-order valence-electron chi connectivity index (χ0n) is 14.5. The van der Waals surface area contributed by atoms with Crippen molar-refractivity contribution in [2.24, 2.45) is 5.92 Å². The molecule has 0 radical (unpaired) electrons. The smallest absolute Gasteiger partial charge is 0.0117 e. The largest absolute Gasteiger partial charge is 0.0915 e. The van der Waals surface area contributed by atoms with Gasteiger partial charge in [0.2, 0.25) is 0 Å². The molecule has 1 atom stereocenters. The van der Waals surface area contributed by atoms with E-state index in [0.29, 0.717) is 5.92 Å². The van der Waals surface area contributed by atoms with Crippen molar-refractivity contribution in [2.45, 2.75) is 47.5 Å². The molecule has 3 rings (SSSR count). The number of allylic oxidation sites excluding steroid dienone is 7. The molecule has 0 fully saturated rings. The predicted octanol–water partition coefficient (Wildman–Crippen LogP) is 6.02. The molecule has 22 heavy (non-hydrogen) atoms. The lowest BCUT2D eigenvalue weighted by Gasteiger charge is -2.19. The Morgan fingerprint density at radius 3 is 2.50 bits per heavy atom. The van der Waals surface area contributed by atoms with Crippen molar-refractivity contribution >= 4 is 5.57 Å². The van der Waals surface area contributed by atoms with Crippen LogP contribution in [0.5, 0.6) is 0 Å². The van der Waals surface area contributed by atoms with Gasteiger partial charge >= 0.3 is 0 Å². The Bertz CT molecular complexity index is 751. The zero-order chi connectivity index (χ0) is 16.0. The van der Waals surface area contributed by atoms with Gasteiger partial charge in [-0.25, -0.2) is 0 Å². The molecule has 0 spiro atoms. The first-order chi connectivity index (χ1) is 10.4. The highest BCUT2D eigenvalue weighted by Crippen LogP contribution is 2.42. The molecule has 0 amide bonds. The summed E-state index contributed by atoms with van der Waals surface area (Å²) < 4.78 is 0. The molecule has 2 aliphatic rings. The highest BCUT2D eigenvalue weighted by molar-refractivity contribution is 5.87. The summed E-state index contributed by atoms with van der Waals surface area (Å²) >= 11 is 0. The van der Waals surface area contributed by atoms with E-state index in [1.807, 2.05) is 0 Å². The fourth-order valence-electron chi connectivity index (χ4n) is 3.69. The molecule has 0 saturated carbocycles. The SMILES string of the molecule is C=C1C=C2C(=CC=C1C)c1c(cc(C)c(C)c1C)CCC2C. The Morgan fingerprint density at radius 2 is 1.77 bits per heavy atom. The van der Waals surface area contributed by atoms with E-state index in [-0.39, 0.29) is 0 Å². The molecule has 1 aromatic rings. The highest BCUT2D eigenvalue weighted by Gasteiger charge is 2.25. The number of rotatable bonds is 0. The Balaban J connectivity index is 2.33. The van der Waals surface area contributed by atoms with Crippen molar-refractivity contribution in [3.63, 3.8) is 0 Å². The first-order valence-electron chi connectivity index (χ1n) is 8.30. The molecule has 0 N–H and O–H groups in total. The standard InChI is InChI=1S/C22H26/c1-13-8-10-20-21(12-15(13)3)14(2)7-9-19-11-16(4)17(5)18(6)22(19)20/h8,10-12,14H,3,7,9H2,1-2,4-6H3. The highest BCUT2D eigenvalue weighted by atomic mass is 14.3. The monoisotopic (exact) mass is 290 g/mol. The van der Waals surface area contributed by atoms with E-state index in [4.69, 9.17) is 0 Å². The molecule has 0 aromatic heterocycles. The second kappa shape index (κ2) is 5.43. The van der Waals surface area contributed by atoms with Crippen molar-refractivity contribution in [2.75, 3.05) is 0 Å². The minimum absolute atomic E-state index is 0.578. The Hall–Kier alpha value is -1.82. The van der Waals surface area contributed by atoms with Crippen LogP contribution in [0.3, 0.4) is 0 Å². The zero-order valence-corrected chi connectivity index (χ0v) is 14.5. The van der Waals surface area contributed by atoms with E-state index in [0.717, 1.165) is 5.57 Å². The van der Waals surface area contributed by atoms with Crippen LogP contribution in [0, 0.1) is 26.7 Å². The van der Waals surface area contributed by atoms with Crippen LogP contribution in [0.15, 0.2) is 47.6 Å². The van der Waals surface area contributed by atoms with Crippen molar-refractivity contribution in [1.82, 2.24) is 0 Å². The normalized spacial score (nSPS) is 21.0. The average molecular weight is 290 g/mol. The third-order valence-electron chi connectivity index (χ3n) is 5.54. The van der Waals surface area contributed by atoms with Gasteiger partial charge in [0.05, 0.1) is 0 Å². The van der Waals surface area contributed by atoms with Gasteiger partial charge in [0.1, 0.15) is 0 Å². The van der Waals surface area contributed by atoms with E-state index >= 15 is 0 Å². The topological polar surface area (TPSA) is 0 Å². The number of fused-ring (bicyclic) bond motifs is 3. The van der Waals surface area contributed by atoms with Gasteiger partial charge < -0.3 is 0 Å². The van der Waals surface area contributed by atoms with Gasteiger partial charge in [-0.15, -0.1) is 0 Å². The van der Waals surface area contributed by atoms with Crippen LogP contribution in [-0.2, 0) is 6.42 Å². The fraction of sp³-hybridized carbons (Fsp3) is 0.364. The number of aryl methyl sites for hydroxylation is 2. The first-order valence-corrected chi connectivity index (χ1v) is 8.30. The first kappa shape index (κ1) is 15.1. The lowest BCUT2D eigenvalue weighted by molar-refractivity contribution is 0.635. The molecule has 0 saturated heterocycles. The second-order valence-corrected chi connectivity index (χ2v) is 6.97. The van der Waals surface area contributed by atoms with Gasteiger partial charge in [0.15, 0.2) is 0 Å². The lowest BCUT2D eigenvalue weighted by atomic mass is 9.85. The Kier molecular flexibility index (Phi) is 3.72. The van der Waals surface area contributed by atoms with Gasteiger partial charge in [-0.1, -0.05) is 37.8 Å². The molecule has 0 bridgehead atoms. The van der Waals surface area contributed by atoms with Crippen molar-refractivity contribution in [3.05, 3.63) is 75.4 Å². The van der Waals surface area contributed by atoms with Crippen molar-refractivity contribution in [3.8, 4) is 0 Å². The maximum Gasteiger partial charge on any atom is -0.0117 e. The third kappa shape index (κ3) is 2.31. The minimum atomic E-state index is 0.578. The van der Waals surface area contributed by atoms with Crippen molar-refractivity contribution in [1.29, 1.82) is 0 Å². The molecule has 1 aromatic carbocycles. The molecule has 0 nitrogen and oxygen atoms in total. The average Bonchev–Trinajstić information content (AvgIpc) is 2.70. The fourth-order valence-corrected chi connectivity index (χ4v) is 3.69. The number of hydrogen-bond donors (Lipinski definition) is 0. The van der Waals surface area contributed by atoms with Gasteiger partial charge in [0, 0.05) is 0 Å². The van der Waals surface area contributed by atoms with Crippen LogP contribution in [0.1, 0.15) is 48.1 Å². The molecule has 114 valence electrons. The van der Waals surface area contributed by atoms with Crippen LogP contribution in [0.2, 0.25) is 0 Å². The quantitative estimate of drug-likeness (QED) is 0.548. The molecule has 1 unspecified atom stereocenters. The predicted molar refractivity (Wildman–Crippen MR) is 97.1 cm³/mol. The van der Waals surface area contributed by atoms with Crippen LogP contribution in [0.25, 0.3) is 5.57 Å². The number of hydrogen-bond acceptors (Lipinski definition) is 0. The van der Waals surface area contributed by atoms with E-state index < -0.39 is 0 Å². The van der Waals surface area contributed by atoms with Gasteiger partial charge in [0.25, 0.3) is 0 Å². The lowest BCUT2D eigenvalue weighted by Crippen LogP contribution is -2.02. The molecule has 0 heterocycles. The summed E-state index contributed by atoms with van der Waals surface area (Å²) in [4.78, 5) is 0. The third-order valence-corrected chi connectivity index (χ3v) is 5.54. The summed E-state index contributed by atoms with van der Waals surface area (Å²) in [6.45, 7) is 15.5. The molecule has 0 aliphatic heterocycles. The summed E-state index contributed by atoms with van der Waals surface area (Å²) in [5, 5.41) is 0. The van der Waals surface area contributed by atoms with Crippen molar-refractivity contribution < 1.29 is 0 Å². The summed E-state index contributed by atoms with van der Waals surface area (Å²) in [6.07, 6.45) is 9.26. The van der Waals surface area contributed by atoms with Gasteiger partial charge in [-0.05, 0) is 96.6 Å². The van der Waals surface area contributed by atoms with Gasteiger partial charge in [-0.2, -0.15) is 0 Å². The Morgan fingerprint density at radius 1 is 1.05 bits per heavy atom. The maximum atomic E-state index is 4.24. The van der Waals surface area contributed by atoms with E-state index in [9.17, 15) is 0 Å². The molecular formula is C22H26. The van der Waals surface area contributed by atoms with E-state index in [2.05, 4.69) is 65.5 Å². The summed E-state index contributed by atoms with van der Waals surface area (Å²) in [6, 6.07) is 2.41. The summed E-state index contributed by atoms with van der Waals surface area (Å²) in [7, 11) is 0.